The summed E-state index contributed by atoms with van der Waals surface area (Å²) in [5, 5.41) is 10.7. The van der Waals surface area contributed by atoms with Crippen molar-refractivity contribution in [2.45, 2.75) is 19.4 Å². The maximum atomic E-state index is 12.1. The monoisotopic (exact) mass is 317 g/mol. The zero-order valence-electron chi connectivity index (χ0n) is 13.8. The first-order chi connectivity index (χ1) is 11.1. The number of carbonyl (C=O) groups is 1. The van der Waals surface area contributed by atoms with Gasteiger partial charge in [0.2, 0.25) is 0 Å². The van der Waals surface area contributed by atoms with Crippen molar-refractivity contribution >= 4 is 6.03 Å². The summed E-state index contributed by atoms with van der Waals surface area (Å²) >= 11 is 0. The number of carbonyl (C=O) groups excluding carboxylic acids is 1. The van der Waals surface area contributed by atoms with Crippen LogP contribution in [0.5, 0.6) is 5.75 Å². The SMILES string of the molecule is C[C@@H](NC(=O)N(C)CCCOc1ccccc1)c1nncn1C. The lowest BCUT2D eigenvalue weighted by molar-refractivity contribution is 0.199. The summed E-state index contributed by atoms with van der Waals surface area (Å²) in [7, 11) is 3.61. The smallest absolute Gasteiger partial charge is 0.317 e. The highest BCUT2D eigenvalue weighted by atomic mass is 16.5. The van der Waals surface area contributed by atoms with Crippen LogP contribution in [-0.2, 0) is 7.05 Å². The van der Waals surface area contributed by atoms with Gasteiger partial charge >= 0.3 is 6.03 Å². The van der Waals surface area contributed by atoms with Crippen LogP contribution in [0.25, 0.3) is 0 Å². The molecule has 1 heterocycles. The van der Waals surface area contributed by atoms with Gasteiger partial charge in [-0.3, -0.25) is 0 Å². The topological polar surface area (TPSA) is 72.3 Å². The van der Waals surface area contributed by atoms with Crippen LogP contribution < -0.4 is 10.1 Å². The maximum absolute atomic E-state index is 12.1. The summed E-state index contributed by atoms with van der Waals surface area (Å²) in [6.45, 7) is 3.07. The van der Waals surface area contributed by atoms with Crippen LogP contribution in [0.4, 0.5) is 4.79 Å². The van der Waals surface area contributed by atoms with Crippen molar-refractivity contribution < 1.29 is 9.53 Å². The second kappa shape index (κ2) is 8.17. The zero-order chi connectivity index (χ0) is 16.7. The Morgan fingerprint density at radius 3 is 2.78 bits per heavy atom. The molecule has 1 aromatic heterocycles. The van der Waals surface area contributed by atoms with Gasteiger partial charge in [-0.05, 0) is 25.5 Å². The highest BCUT2D eigenvalue weighted by Crippen LogP contribution is 2.09. The fourth-order valence-corrected chi connectivity index (χ4v) is 2.15. The summed E-state index contributed by atoms with van der Waals surface area (Å²) in [4.78, 5) is 13.8. The largest absolute Gasteiger partial charge is 0.494 e. The van der Waals surface area contributed by atoms with Gasteiger partial charge in [-0.1, -0.05) is 18.2 Å². The fraction of sp³-hybridized carbons (Fsp3) is 0.438. The number of nitrogens with zero attached hydrogens (tertiary/aromatic N) is 4. The van der Waals surface area contributed by atoms with Crippen molar-refractivity contribution in [1.82, 2.24) is 25.0 Å². The van der Waals surface area contributed by atoms with Crippen molar-refractivity contribution in [2.75, 3.05) is 20.2 Å². The molecule has 0 aliphatic heterocycles. The van der Waals surface area contributed by atoms with Gasteiger partial charge in [-0.15, -0.1) is 10.2 Å². The predicted octanol–water partition coefficient (Wildman–Crippen LogP) is 1.99. The third-order valence-electron chi connectivity index (χ3n) is 3.47. The third kappa shape index (κ3) is 4.98. The molecule has 2 amide bonds. The molecule has 0 saturated carbocycles. The maximum Gasteiger partial charge on any atom is 0.317 e. The predicted molar refractivity (Wildman–Crippen MR) is 87.1 cm³/mol. The minimum absolute atomic E-state index is 0.139. The van der Waals surface area contributed by atoms with E-state index in [9.17, 15) is 4.79 Å². The van der Waals surface area contributed by atoms with E-state index in [0.717, 1.165) is 18.0 Å². The number of nitrogens with one attached hydrogen (secondary N) is 1. The summed E-state index contributed by atoms with van der Waals surface area (Å²) in [6.07, 6.45) is 2.37. The van der Waals surface area contributed by atoms with E-state index in [1.165, 1.54) is 0 Å². The van der Waals surface area contributed by atoms with Gasteiger partial charge in [0.05, 0.1) is 12.6 Å². The number of benzene rings is 1. The molecule has 7 nitrogen and oxygen atoms in total. The molecule has 124 valence electrons. The Hall–Kier alpha value is -2.57. The molecular weight excluding hydrogens is 294 g/mol. The Bertz CT molecular complexity index is 614. The number of urea groups is 1. The van der Waals surface area contributed by atoms with E-state index in [2.05, 4.69) is 15.5 Å². The molecule has 23 heavy (non-hydrogen) atoms. The van der Waals surface area contributed by atoms with Crippen molar-refractivity contribution in [1.29, 1.82) is 0 Å². The number of ether oxygens (including phenoxy) is 1. The van der Waals surface area contributed by atoms with Crippen LogP contribution in [0.15, 0.2) is 36.7 Å². The quantitative estimate of drug-likeness (QED) is 0.793. The standard InChI is InChI=1S/C16H23N5O2/c1-13(15-19-17-12-21(15)3)18-16(22)20(2)10-7-11-23-14-8-5-4-6-9-14/h4-6,8-9,12-13H,7,10-11H2,1-3H3,(H,18,22)/t13-/m1/s1. The summed E-state index contributed by atoms with van der Waals surface area (Å²) in [6, 6.07) is 9.31. The minimum atomic E-state index is -0.196. The van der Waals surface area contributed by atoms with Gasteiger partial charge < -0.3 is 19.5 Å². The summed E-state index contributed by atoms with van der Waals surface area (Å²) in [5.74, 6) is 1.56. The normalized spacial score (nSPS) is 11.8. The lowest BCUT2D eigenvalue weighted by Gasteiger charge is -2.21. The highest BCUT2D eigenvalue weighted by molar-refractivity contribution is 5.74. The highest BCUT2D eigenvalue weighted by Gasteiger charge is 2.16. The average Bonchev–Trinajstić information content (AvgIpc) is 2.98. The molecule has 1 atom stereocenters. The molecule has 1 N–H and O–H groups in total. The number of rotatable bonds is 7. The van der Waals surface area contributed by atoms with E-state index >= 15 is 0 Å². The van der Waals surface area contributed by atoms with Crippen molar-refractivity contribution in [3.05, 3.63) is 42.5 Å². The van der Waals surface area contributed by atoms with E-state index in [-0.39, 0.29) is 12.1 Å². The summed E-state index contributed by atoms with van der Waals surface area (Å²) < 4.78 is 7.40. The molecule has 0 unspecified atom stereocenters. The number of aryl methyl sites for hydroxylation is 1. The minimum Gasteiger partial charge on any atom is -0.494 e. The summed E-state index contributed by atoms with van der Waals surface area (Å²) in [5.41, 5.74) is 0. The van der Waals surface area contributed by atoms with Gasteiger partial charge in [0.15, 0.2) is 5.82 Å². The molecule has 2 rings (SSSR count). The first kappa shape index (κ1) is 16.8. The number of para-hydroxylation sites is 1. The first-order valence-electron chi connectivity index (χ1n) is 7.61. The number of hydrogen-bond acceptors (Lipinski definition) is 4. The Morgan fingerprint density at radius 2 is 2.13 bits per heavy atom. The van der Waals surface area contributed by atoms with Crippen molar-refractivity contribution in [3.63, 3.8) is 0 Å². The number of hydrogen-bond donors (Lipinski definition) is 1. The Labute approximate surface area is 136 Å². The molecule has 0 aliphatic carbocycles. The molecule has 0 fully saturated rings. The van der Waals surface area contributed by atoms with Gasteiger partial charge in [0.1, 0.15) is 12.1 Å². The van der Waals surface area contributed by atoms with E-state index in [0.29, 0.717) is 13.2 Å². The Kier molecular flexibility index (Phi) is 5.96. The Morgan fingerprint density at radius 1 is 1.39 bits per heavy atom. The van der Waals surface area contributed by atoms with Crippen LogP contribution in [0, 0.1) is 0 Å². The molecule has 0 spiro atoms. The molecule has 7 heteroatoms. The van der Waals surface area contributed by atoms with Gasteiger partial charge in [-0.25, -0.2) is 4.79 Å². The van der Waals surface area contributed by atoms with Gasteiger partial charge in [-0.2, -0.15) is 0 Å². The van der Waals surface area contributed by atoms with Gasteiger partial charge in [0.25, 0.3) is 0 Å². The Balaban J connectivity index is 1.69. The van der Waals surface area contributed by atoms with Crippen LogP contribution >= 0.6 is 0 Å². The van der Waals surface area contributed by atoms with Gasteiger partial charge in [0, 0.05) is 20.6 Å². The second-order valence-corrected chi connectivity index (χ2v) is 5.41. The molecular formula is C16H23N5O2. The fourth-order valence-electron chi connectivity index (χ4n) is 2.15. The zero-order valence-corrected chi connectivity index (χ0v) is 13.8. The molecule has 0 radical (unpaired) electrons. The number of aromatic nitrogens is 3. The van der Waals surface area contributed by atoms with Crippen LogP contribution in [0.1, 0.15) is 25.2 Å². The lowest BCUT2D eigenvalue weighted by atomic mass is 10.3. The average molecular weight is 317 g/mol. The molecule has 0 bridgehead atoms. The lowest BCUT2D eigenvalue weighted by Crippen LogP contribution is -2.40. The van der Waals surface area contributed by atoms with E-state index < -0.39 is 0 Å². The third-order valence-corrected chi connectivity index (χ3v) is 3.47. The van der Waals surface area contributed by atoms with Crippen LogP contribution in [0.3, 0.4) is 0 Å². The van der Waals surface area contributed by atoms with Crippen LogP contribution in [-0.4, -0.2) is 45.9 Å². The number of amides is 2. The van der Waals surface area contributed by atoms with E-state index in [4.69, 9.17) is 4.74 Å². The second-order valence-electron chi connectivity index (χ2n) is 5.41. The van der Waals surface area contributed by atoms with Crippen molar-refractivity contribution in [2.24, 2.45) is 7.05 Å². The van der Waals surface area contributed by atoms with Crippen LogP contribution in [0.2, 0.25) is 0 Å². The molecule has 0 saturated heterocycles. The molecule has 0 aliphatic rings. The van der Waals surface area contributed by atoms with Crippen molar-refractivity contribution in [3.8, 4) is 5.75 Å². The molecule has 1 aromatic carbocycles. The van der Waals surface area contributed by atoms with E-state index in [1.54, 1.807) is 22.8 Å². The first-order valence-corrected chi connectivity index (χ1v) is 7.61. The van der Waals surface area contributed by atoms with E-state index in [1.807, 2.05) is 44.3 Å². The molecule has 2 aromatic rings.